The molecular weight excluding hydrogens is 236 g/mol. The summed E-state index contributed by atoms with van der Waals surface area (Å²) in [6, 6.07) is 1.90. The Morgan fingerprint density at radius 1 is 1.50 bits per heavy atom. The van der Waals surface area contributed by atoms with Gasteiger partial charge in [0.15, 0.2) is 0 Å². The molecule has 0 saturated carbocycles. The molecule has 0 radical (unpaired) electrons. The highest BCUT2D eigenvalue weighted by molar-refractivity contribution is 5.31. The van der Waals surface area contributed by atoms with Gasteiger partial charge in [0.05, 0.1) is 11.5 Å². The summed E-state index contributed by atoms with van der Waals surface area (Å²) in [5, 5.41) is 17.6. The lowest BCUT2D eigenvalue weighted by Crippen LogP contribution is -2.23. The maximum absolute atomic E-state index is 10.4. The summed E-state index contributed by atoms with van der Waals surface area (Å²) in [6.45, 7) is 2.61. The van der Waals surface area contributed by atoms with Gasteiger partial charge >= 0.3 is 5.69 Å². The van der Waals surface area contributed by atoms with E-state index in [1.807, 2.05) is 19.2 Å². The molecule has 0 aromatic carbocycles. The molecule has 18 heavy (non-hydrogen) atoms. The zero-order valence-electron chi connectivity index (χ0n) is 9.72. The van der Waals surface area contributed by atoms with Crippen molar-refractivity contribution in [3.8, 4) is 0 Å². The molecule has 0 saturated heterocycles. The lowest BCUT2D eigenvalue weighted by molar-refractivity contribution is -0.385. The number of aromatic nitrogens is 4. The first-order valence-electron chi connectivity index (χ1n) is 5.35. The Morgan fingerprint density at radius 3 is 2.78 bits per heavy atom. The third-order valence-corrected chi connectivity index (χ3v) is 2.24. The number of anilines is 1. The van der Waals surface area contributed by atoms with Crippen LogP contribution in [-0.2, 0) is 6.54 Å². The Hall–Kier alpha value is -2.51. The topological polar surface area (TPSA) is 98.8 Å². The average molecular weight is 248 g/mol. The number of hydrogen-bond donors (Lipinski definition) is 1. The number of rotatable bonds is 5. The van der Waals surface area contributed by atoms with Gasteiger partial charge in [-0.15, -0.1) is 0 Å². The van der Waals surface area contributed by atoms with Crippen molar-refractivity contribution in [3.05, 3.63) is 41.0 Å². The standard InChI is InChI=1S/C10H12N6O2/c1-8(7-15-4-2-3-13-15)14-10-11-5-9(6-12-10)16(17)18/h2-6,8H,7H2,1H3,(H,11,12,14). The SMILES string of the molecule is CC(Cn1cccn1)Nc1ncc([N+](=O)[O-])cn1. The first-order chi connectivity index (χ1) is 8.65. The van der Waals surface area contributed by atoms with E-state index in [0.29, 0.717) is 12.5 Å². The van der Waals surface area contributed by atoms with Crippen LogP contribution in [0.25, 0.3) is 0 Å². The van der Waals surface area contributed by atoms with Crippen LogP contribution in [0.4, 0.5) is 11.6 Å². The van der Waals surface area contributed by atoms with Gasteiger partial charge in [-0.2, -0.15) is 5.10 Å². The second kappa shape index (κ2) is 5.21. The summed E-state index contributed by atoms with van der Waals surface area (Å²) in [7, 11) is 0. The van der Waals surface area contributed by atoms with Crippen molar-refractivity contribution in [2.24, 2.45) is 0 Å². The van der Waals surface area contributed by atoms with Gasteiger partial charge in [0, 0.05) is 18.4 Å². The molecule has 8 heteroatoms. The summed E-state index contributed by atoms with van der Waals surface area (Å²) in [6.07, 6.45) is 5.91. The van der Waals surface area contributed by atoms with Gasteiger partial charge in [0.2, 0.25) is 5.95 Å². The summed E-state index contributed by atoms with van der Waals surface area (Å²) in [5.41, 5.74) is -0.125. The number of nitrogens with one attached hydrogen (secondary N) is 1. The normalized spacial score (nSPS) is 12.1. The molecule has 94 valence electrons. The fourth-order valence-electron chi connectivity index (χ4n) is 1.45. The van der Waals surface area contributed by atoms with Crippen LogP contribution in [0.5, 0.6) is 0 Å². The second-order valence-electron chi connectivity index (χ2n) is 3.80. The van der Waals surface area contributed by atoms with Crippen LogP contribution in [0.2, 0.25) is 0 Å². The minimum Gasteiger partial charge on any atom is -0.350 e. The summed E-state index contributed by atoms with van der Waals surface area (Å²) in [4.78, 5) is 17.7. The summed E-state index contributed by atoms with van der Waals surface area (Å²) < 4.78 is 1.78. The molecule has 0 fully saturated rings. The average Bonchev–Trinajstić information content (AvgIpc) is 2.82. The lowest BCUT2D eigenvalue weighted by Gasteiger charge is -2.13. The zero-order valence-corrected chi connectivity index (χ0v) is 9.72. The predicted molar refractivity (Wildman–Crippen MR) is 64.0 cm³/mol. The highest BCUT2D eigenvalue weighted by Gasteiger charge is 2.09. The minimum atomic E-state index is -0.531. The van der Waals surface area contributed by atoms with E-state index in [-0.39, 0.29) is 11.7 Å². The summed E-state index contributed by atoms with van der Waals surface area (Å²) in [5.74, 6) is 0.361. The van der Waals surface area contributed by atoms with Gasteiger partial charge in [-0.1, -0.05) is 0 Å². The Balaban J connectivity index is 1.94. The second-order valence-corrected chi connectivity index (χ2v) is 3.80. The molecule has 0 bridgehead atoms. The fraction of sp³-hybridized carbons (Fsp3) is 0.300. The van der Waals surface area contributed by atoms with Crippen molar-refractivity contribution in [1.82, 2.24) is 19.7 Å². The van der Waals surface area contributed by atoms with Crippen LogP contribution in [0.15, 0.2) is 30.9 Å². The van der Waals surface area contributed by atoms with Gasteiger partial charge < -0.3 is 5.32 Å². The summed E-state index contributed by atoms with van der Waals surface area (Å²) >= 11 is 0. The van der Waals surface area contributed by atoms with Crippen molar-refractivity contribution >= 4 is 11.6 Å². The number of nitro groups is 1. The number of hydrogen-bond acceptors (Lipinski definition) is 6. The van der Waals surface area contributed by atoms with E-state index in [1.54, 1.807) is 10.9 Å². The molecule has 1 N–H and O–H groups in total. The van der Waals surface area contributed by atoms with Crippen LogP contribution >= 0.6 is 0 Å². The van der Waals surface area contributed by atoms with Gasteiger partial charge in [-0.25, -0.2) is 9.97 Å². The molecule has 0 amide bonds. The monoisotopic (exact) mass is 248 g/mol. The molecule has 0 aliphatic heterocycles. The van der Waals surface area contributed by atoms with E-state index >= 15 is 0 Å². The van der Waals surface area contributed by atoms with Crippen LogP contribution in [0.3, 0.4) is 0 Å². The Bertz CT molecular complexity index is 510. The van der Waals surface area contributed by atoms with Crippen molar-refractivity contribution in [2.75, 3.05) is 5.32 Å². The van der Waals surface area contributed by atoms with Crippen molar-refractivity contribution in [2.45, 2.75) is 19.5 Å². The molecule has 2 aromatic heterocycles. The maximum atomic E-state index is 10.4. The third-order valence-electron chi connectivity index (χ3n) is 2.24. The molecule has 8 nitrogen and oxygen atoms in total. The predicted octanol–water partition coefficient (Wildman–Crippen LogP) is 1.08. The molecule has 2 rings (SSSR count). The van der Waals surface area contributed by atoms with Crippen LogP contribution in [0, 0.1) is 10.1 Å². The van der Waals surface area contributed by atoms with Crippen molar-refractivity contribution < 1.29 is 4.92 Å². The largest absolute Gasteiger partial charge is 0.350 e. The van der Waals surface area contributed by atoms with Crippen LogP contribution in [0.1, 0.15) is 6.92 Å². The molecule has 0 aliphatic carbocycles. The van der Waals surface area contributed by atoms with E-state index < -0.39 is 4.92 Å². The Morgan fingerprint density at radius 2 is 2.22 bits per heavy atom. The molecule has 1 atom stereocenters. The van der Waals surface area contributed by atoms with Crippen molar-refractivity contribution in [3.63, 3.8) is 0 Å². The molecular formula is C10H12N6O2. The smallest absolute Gasteiger partial charge is 0.305 e. The first kappa shape index (κ1) is 12.0. The molecule has 2 aromatic rings. The molecule has 0 aliphatic rings. The third kappa shape index (κ3) is 3.00. The zero-order chi connectivity index (χ0) is 13.0. The van der Waals surface area contributed by atoms with E-state index in [9.17, 15) is 10.1 Å². The molecule has 2 heterocycles. The molecule has 0 spiro atoms. The molecule has 1 unspecified atom stereocenters. The Labute approximate surface area is 103 Å². The van der Waals surface area contributed by atoms with Gasteiger partial charge in [-0.3, -0.25) is 14.8 Å². The van der Waals surface area contributed by atoms with Crippen LogP contribution < -0.4 is 5.32 Å². The minimum absolute atomic E-state index is 0.0614. The van der Waals surface area contributed by atoms with E-state index in [1.165, 1.54) is 12.4 Å². The highest BCUT2D eigenvalue weighted by Crippen LogP contribution is 2.09. The van der Waals surface area contributed by atoms with E-state index in [2.05, 4.69) is 20.4 Å². The number of nitrogens with zero attached hydrogens (tertiary/aromatic N) is 5. The Kier molecular flexibility index (Phi) is 3.46. The lowest BCUT2D eigenvalue weighted by atomic mass is 10.3. The quantitative estimate of drug-likeness (QED) is 0.628. The highest BCUT2D eigenvalue weighted by atomic mass is 16.6. The van der Waals surface area contributed by atoms with E-state index in [4.69, 9.17) is 0 Å². The van der Waals surface area contributed by atoms with Crippen LogP contribution in [-0.4, -0.2) is 30.7 Å². The first-order valence-corrected chi connectivity index (χ1v) is 5.35. The van der Waals surface area contributed by atoms with Crippen molar-refractivity contribution in [1.29, 1.82) is 0 Å². The fourth-order valence-corrected chi connectivity index (χ4v) is 1.45. The maximum Gasteiger partial charge on any atom is 0.305 e. The van der Waals surface area contributed by atoms with Gasteiger partial charge in [-0.05, 0) is 13.0 Å². The van der Waals surface area contributed by atoms with Gasteiger partial charge in [0.1, 0.15) is 12.4 Å². The van der Waals surface area contributed by atoms with E-state index in [0.717, 1.165) is 0 Å². The van der Waals surface area contributed by atoms with Gasteiger partial charge in [0.25, 0.3) is 0 Å².